The Kier molecular flexibility index (Phi) is 11.5. The number of aromatic amines is 1. The van der Waals surface area contributed by atoms with Gasteiger partial charge in [0.1, 0.15) is 17.8 Å². The minimum absolute atomic E-state index is 0.0245. The van der Waals surface area contributed by atoms with Crippen LogP contribution in [0.5, 0.6) is 5.75 Å². The van der Waals surface area contributed by atoms with E-state index in [1.165, 1.54) is 44.6 Å². The zero-order chi connectivity index (χ0) is 30.9. The van der Waals surface area contributed by atoms with Crippen LogP contribution in [-0.2, 0) is 16.1 Å². The van der Waals surface area contributed by atoms with Gasteiger partial charge in [0, 0.05) is 50.2 Å². The lowest BCUT2D eigenvalue weighted by atomic mass is 9.89. The zero-order valence-corrected chi connectivity index (χ0v) is 26.7. The number of carbonyl (C=O) groups is 1. The van der Waals surface area contributed by atoms with Gasteiger partial charge in [-0.3, -0.25) is 14.3 Å². The Morgan fingerprint density at radius 2 is 1.86 bits per heavy atom. The SMILES string of the molecule is Cc1ccnn1CC(=O)N1CCOC2(CCN(CCCCCCCCCNC[C@H](O)c3ccc(O)c4[nH]c(=O)sc34)CC2)C1. The Labute approximate surface area is 263 Å². The fourth-order valence-electron chi connectivity index (χ4n) is 6.46. The van der Waals surface area contributed by atoms with Crippen LogP contribution in [0.15, 0.2) is 29.2 Å². The van der Waals surface area contributed by atoms with Crippen LogP contribution in [0.4, 0.5) is 0 Å². The summed E-state index contributed by atoms with van der Waals surface area (Å²) in [6.07, 6.45) is 11.4. The average molecular weight is 629 g/mol. The molecule has 2 aliphatic rings. The molecule has 0 aliphatic carbocycles. The number of aromatic nitrogens is 3. The van der Waals surface area contributed by atoms with Gasteiger partial charge in [-0.1, -0.05) is 49.5 Å². The number of hydrogen-bond acceptors (Lipinski definition) is 9. The maximum atomic E-state index is 12.9. The number of thiazole rings is 1. The first-order valence-electron chi connectivity index (χ1n) is 16.2. The van der Waals surface area contributed by atoms with Crippen LogP contribution in [0.3, 0.4) is 0 Å². The van der Waals surface area contributed by atoms with Crippen molar-refractivity contribution in [2.24, 2.45) is 0 Å². The fraction of sp³-hybridized carbons (Fsp3) is 0.656. The molecule has 0 unspecified atom stereocenters. The molecule has 11 nitrogen and oxygen atoms in total. The topological polar surface area (TPSA) is 136 Å². The molecule has 12 heteroatoms. The van der Waals surface area contributed by atoms with Crippen LogP contribution >= 0.6 is 11.3 Å². The van der Waals surface area contributed by atoms with Crippen LogP contribution < -0.4 is 10.2 Å². The van der Waals surface area contributed by atoms with Gasteiger partial charge < -0.3 is 35.1 Å². The summed E-state index contributed by atoms with van der Waals surface area (Å²) in [5.41, 5.74) is 1.87. The lowest BCUT2D eigenvalue weighted by Crippen LogP contribution is -2.58. The molecule has 2 fully saturated rings. The summed E-state index contributed by atoms with van der Waals surface area (Å²) in [4.78, 5) is 31.5. The number of unbranched alkanes of at least 4 members (excludes halogenated alkanes) is 6. The number of nitrogens with zero attached hydrogens (tertiary/aromatic N) is 4. The zero-order valence-electron chi connectivity index (χ0n) is 25.9. The first kappa shape index (κ1) is 32.6. The minimum Gasteiger partial charge on any atom is -0.506 e. The van der Waals surface area contributed by atoms with E-state index >= 15 is 0 Å². The van der Waals surface area contributed by atoms with E-state index in [9.17, 15) is 19.8 Å². The van der Waals surface area contributed by atoms with Crippen LogP contribution in [0.2, 0.25) is 0 Å². The Hall–Kier alpha value is -2.77. The fourth-order valence-corrected chi connectivity index (χ4v) is 7.37. The van der Waals surface area contributed by atoms with Crippen molar-refractivity contribution in [1.82, 2.24) is 29.9 Å². The van der Waals surface area contributed by atoms with Crippen molar-refractivity contribution in [1.29, 1.82) is 0 Å². The Balaban J connectivity index is 0.879. The highest BCUT2D eigenvalue weighted by atomic mass is 32.1. The molecule has 5 rings (SSSR count). The Bertz CT molecular complexity index is 1410. The molecule has 4 heterocycles. The highest BCUT2D eigenvalue weighted by molar-refractivity contribution is 7.16. The number of aromatic hydroxyl groups is 1. The molecule has 242 valence electrons. The van der Waals surface area contributed by atoms with E-state index in [0.717, 1.165) is 62.5 Å². The van der Waals surface area contributed by atoms with Crippen molar-refractivity contribution in [3.63, 3.8) is 0 Å². The highest BCUT2D eigenvalue weighted by Gasteiger charge is 2.40. The summed E-state index contributed by atoms with van der Waals surface area (Å²) in [6, 6.07) is 5.13. The molecular formula is C32H48N6O5S. The second-order valence-corrected chi connectivity index (χ2v) is 13.4. The lowest BCUT2D eigenvalue weighted by molar-refractivity contribution is -0.160. The van der Waals surface area contributed by atoms with Gasteiger partial charge in [-0.05, 0) is 57.8 Å². The van der Waals surface area contributed by atoms with Crippen LogP contribution in [0.25, 0.3) is 10.2 Å². The van der Waals surface area contributed by atoms with Gasteiger partial charge in [0.2, 0.25) is 5.91 Å². The van der Waals surface area contributed by atoms with E-state index in [1.807, 2.05) is 17.9 Å². The van der Waals surface area contributed by atoms with E-state index in [1.54, 1.807) is 16.9 Å². The monoisotopic (exact) mass is 628 g/mol. The molecule has 2 aliphatic heterocycles. The maximum Gasteiger partial charge on any atom is 0.305 e. The first-order chi connectivity index (χ1) is 21.3. The van der Waals surface area contributed by atoms with Crippen molar-refractivity contribution < 1.29 is 19.7 Å². The summed E-state index contributed by atoms with van der Waals surface area (Å²) >= 11 is 1.01. The lowest BCUT2D eigenvalue weighted by Gasteiger charge is -2.47. The molecule has 0 radical (unpaired) electrons. The molecule has 3 aromatic rings. The number of ether oxygens (including phenoxy) is 1. The second-order valence-electron chi connectivity index (χ2n) is 12.4. The standard InChI is InChI=1S/C32H48N6O5S/c1-24-11-15-34-38(24)22-28(41)37-19-20-43-32(23-37)12-17-36(18-13-32)16-8-6-4-2-3-5-7-14-33-21-27(40)25-9-10-26(39)29-30(25)44-31(42)35-29/h9-11,15,27,33,39-40H,2-8,12-14,16-23H2,1H3,(H,35,42)/t27-/m0/s1. The number of fused-ring (bicyclic) bond motifs is 1. The number of H-pyrrole nitrogens is 1. The van der Waals surface area contributed by atoms with Gasteiger partial charge in [0.15, 0.2) is 0 Å². The smallest absolute Gasteiger partial charge is 0.305 e. The van der Waals surface area contributed by atoms with Crippen molar-refractivity contribution in [3.8, 4) is 5.75 Å². The largest absolute Gasteiger partial charge is 0.506 e. The second kappa shape index (κ2) is 15.5. The van der Waals surface area contributed by atoms with E-state index in [-0.39, 0.29) is 22.1 Å². The van der Waals surface area contributed by atoms with Gasteiger partial charge >= 0.3 is 4.87 Å². The number of amides is 1. The minimum atomic E-state index is -0.730. The van der Waals surface area contributed by atoms with Crippen LogP contribution in [0.1, 0.15) is 75.1 Å². The highest BCUT2D eigenvalue weighted by Crippen LogP contribution is 2.32. The third kappa shape index (κ3) is 8.48. The Morgan fingerprint density at radius 3 is 2.61 bits per heavy atom. The number of hydrogen-bond donors (Lipinski definition) is 4. The number of nitrogens with one attached hydrogen (secondary N) is 2. The Morgan fingerprint density at radius 1 is 1.11 bits per heavy atom. The average Bonchev–Trinajstić information content (AvgIpc) is 3.62. The molecular weight excluding hydrogens is 580 g/mol. The van der Waals surface area contributed by atoms with Gasteiger partial charge in [0.05, 0.1) is 23.0 Å². The molecule has 4 N–H and O–H groups in total. The number of phenols is 1. The van der Waals surface area contributed by atoms with Gasteiger partial charge in [-0.15, -0.1) is 0 Å². The molecule has 1 atom stereocenters. The van der Waals surface area contributed by atoms with Crippen LogP contribution in [0, 0.1) is 6.92 Å². The number of rotatable bonds is 15. The molecule has 2 saturated heterocycles. The number of phenolic OH excluding ortho intramolecular Hbond substituents is 1. The number of likely N-dealkylation sites (tertiary alicyclic amines) is 1. The molecule has 2 aromatic heterocycles. The predicted octanol–water partition coefficient (Wildman–Crippen LogP) is 3.55. The van der Waals surface area contributed by atoms with Gasteiger partial charge in [0.25, 0.3) is 0 Å². The molecule has 1 aromatic carbocycles. The van der Waals surface area contributed by atoms with Gasteiger partial charge in [-0.25, -0.2) is 0 Å². The number of aliphatic hydroxyl groups is 1. The third-order valence-electron chi connectivity index (χ3n) is 9.19. The molecule has 44 heavy (non-hydrogen) atoms. The summed E-state index contributed by atoms with van der Waals surface area (Å²) in [7, 11) is 0. The van der Waals surface area contributed by atoms with E-state index < -0.39 is 6.10 Å². The quantitative estimate of drug-likeness (QED) is 0.188. The van der Waals surface area contributed by atoms with Crippen LogP contribution in [-0.4, -0.2) is 98.7 Å². The van der Waals surface area contributed by atoms with Crippen molar-refractivity contribution in [2.75, 3.05) is 52.4 Å². The first-order valence-corrected chi connectivity index (χ1v) is 17.0. The maximum absolute atomic E-state index is 12.9. The third-order valence-corrected chi connectivity index (χ3v) is 10.1. The number of benzene rings is 1. The number of carbonyl (C=O) groups excluding carboxylic acids is 1. The molecule has 1 amide bonds. The summed E-state index contributed by atoms with van der Waals surface area (Å²) in [5, 5.41) is 28.1. The predicted molar refractivity (Wildman–Crippen MR) is 172 cm³/mol. The summed E-state index contributed by atoms with van der Waals surface area (Å²) in [5.74, 6) is 0.151. The summed E-state index contributed by atoms with van der Waals surface area (Å²) in [6.45, 7) is 8.70. The number of piperidine rings is 1. The van der Waals surface area contributed by atoms with E-state index in [4.69, 9.17) is 4.74 Å². The van der Waals surface area contributed by atoms with Crippen molar-refractivity contribution >= 4 is 27.5 Å². The van der Waals surface area contributed by atoms with Crippen molar-refractivity contribution in [3.05, 3.63) is 45.3 Å². The number of morpholine rings is 1. The van der Waals surface area contributed by atoms with Gasteiger partial charge in [-0.2, -0.15) is 5.10 Å². The molecule has 0 saturated carbocycles. The van der Waals surface area contributed by atoms with Crippen molar-refractivity contribution in [2.45, 2.75) is 83.0 Å². The molecule has 0 bridgehead atoms. The molecule has 1 spiro atoms. The summed E-state index contributed by atoms with van der Waals surface area (Å²) < 4.78 is 8.66. The van der Waals surface area contributed by atoms with E-state index in [0.29, 0.717) is 48.6 Å². The number of aliphatic hydroxyl groups excluding tert-OH is 1. The normalized spacial score (nSPS) is 17.9. The van der Waals surface area contributed by atoms with E-state index in [2.05, 4.69) is 20.3 Å². The number of aryl methyl sites for hydroxylation is 1.